The molecule has 0 spiro atoms. The Morgan fingerprint density at radius 2 is 1.87 bits per heavy atom. The van der Waals surface area contributed by atoms with E-state index < -0.39 is 24.5 Å². The van der Waals surface area contributed by atoms with Crippen LogP contribution in [0, 0.1) is 5.92 Å². The summed E-state index contributed by atoms with van der Waals surface area (Å²) in [6.45, 7) is 0.373. The number of hydrogen-bond acceptors (Lipinski definition) is 2. The minimum absolute atomic E-state index is 0. The third kappa shape index (κ3) is 9.81. The van der Waals surface area contributed by atoms with Crippen LogP contribution in [-0.4, -0.2) is 23.8 Å². The molecule has 0 saturated heterocycles. The largest absolute Gasteiger partial charge is 0.481 e. The monoisotopic (exact) mass is 249 g/mol. The molecule has 0 amide bonds. The second-order valence-corrected chi connectivity index (χ2v) is 3.14. The van der Waals surface area contributed by atoms with Gasteiger partial charge in [-0.05, 0) is 19.4 Å². The molecule has 7 heteroatoms. The van der Waals surface area contributed by atoms with E-state index >= 15 is 0 Å². The molecule has 0 aromatic carbocycles. The fraction of sp³-hybridized carbons (Fsp3) is 0.875. The van der Waals surface area contributed by atoms with Crippen LogP contribution in [-0.2, 0) is 4.79 Å². The topological polar surface area (TPSA) is 63.3 Å². The zero-order valence-electron chi connectivity index (χ0n) is 8.09. The highest BCUT2D eigenvalue weighted by Gasteiger charge is 2.34. The lowest BCUT2D eigenvalue weighted by Crippen LogP contribution is -2.22. The quantitative estimate of drug-likeness (QED) is 0.710. The van der Waals surface area contributed by atoms with Crippen LogP contribution in [0.1, 0.15) is 25.7 Å². The molecule has 0 rings (SSSR count). The van der Waals surface area contributed by atoms with Crippen LogP contribution in [0.2, 0.25) is 0 Å². The molecule has 1 unspecified atom stereocenters. The van der Waals surface area contributed by atoms with E-state index in [1.165, 1.54) is 0 Å². The van der Waals surface area contributed by atoms with Crippen LogP contribution in [0.4, 0.5) is 13.2 Å². The number of carboxylic acid groups (broad SMARTS) is 1. The zero-order chi connectivity index (χ0) is 11.2. The van der Waals surface area contributed by atoms with E-state index in [0.29, 0.717) is 19.4 Å². The summed E-state index contributed by atoms with van der Waals surface area (Å²) in [7, 11) is 0. The maximum Gasteiger partial charge on any atom is 0.389 e. The van der Waals surface area contributed by atoms with Gasteiger partial charge in [0.05, 0.1) is 12.3 Å². The number of nitrogens with two attached hydrogens (primary N) is 1. The summed E-state index contributed by atoms with van der Waals surface area (Å²) in [5.74, 6) is -2.72. The Morgan fingerprint density at radius 3 is 2.20 bits per heavy atom. The molecular formula is C8H15ClF3NO2. The van der Waals surface area contributed by atoms with Gasteiger partial charge in [-0.25, -0.2) is 0 Å². The van der Waals surface area contributed by atoms with Crippen LogP contribution < -0.4 is 5.73 Å². The summed E-state index contributed by atoms with van der Waals surface area (Å²) in [6.07, 6.45) is -4.66. The number of alkyl halides is 3. The molecule has 0 aromatic rings. The van der Waals surface area contributed by atoms with Gasteiger partial charge < -0.3 is 10.8 Å². The highest BCUT2D eigenvalue weighted by atomic mass is 35.5. The van der Waals surface area contributed by atoms with Gasteiger partial charge in [0.2, 0.25) is 0 Å². The molecule has 0 aliphatic carbocycles. The van der Waals surface area contributed by atoms with E-state index in [0.717, 1.165) is 0 Å². The van der Waals surface area contributed by atoms with Crippen LogP contribution in [0.5, 0.6) is 0 Å². The van der Waals surface area contributed by atoms with E-state index in [9.17, 15) is 18.0 Å². The molecule has 0 bridgehead atoms. The summed E-state index contributed by atoms with van der Waals surface area (Å²) in [5, 5.41) is 8.50. The number of aliphatic carboxylic acids is 1. The van der Waals surface area contributed by atoms with Gasteiger partial charge in [0.15, 0.2) is 0 Å². The van der Waals surface area contributed by atoms with E-state index in [2.05, 4.69) is 0 Å². The molecule has 0 aliphatic heterocycles. The first-order valence-corrected chi connectivity index (χ1v) is 4.36. The Bertz CT molecular complexity index is 187. The van der Waals surface area contributed by atoms with E-state index in [4.69, 9.17) is 10.8 Å². The normalized spacial score (nSPS) is 13.1. The molecule has 0 aliphatic rings. The van der Waals surface area contributed by atoms with Crippen molar-refractivity contribution in [2.45, 2.75) is 31.9 Å². The predicted octanol–water partition coefficient (Wildman–Crippen LogP) is 2.19. The first-order valence-electron chi connectivity index (χ1n) is 4.36. The summed E-state index contributed by atoms with van der Waals surface area (Å²) >= 11 is 0. The van der Waals surface area contributed by atoms with Crippen molar-refractivity contribution in [3.05, 3.63) is 0 Å². The number of rotatable bonds is 6. The minimum Gasteiger partial charge on any atom is -0.481 e. The molecule has 0 aromatic heterocycles. The first-order chi connectivity index (χ1) is 6.37. The number of hydrogen-bond donors (Lipinski definition) is 2. The molecule has 3 nitrogen and oxygen atoms in total. The highest BCUT2D eigenvalue weighted by molar-refractivity contribution is 5.85. The fourth-order valence-corrected chi connectivity index (χ4v) is 1.13. The van der Waals surface area contributed by atoms with Crippen LogP contribution in [0.3, 0.4) is 0 Å². The maximum absolute atomic E-state index is 11.9. The van der Waals surface area contributed by atoms with Crippen LogP contribution in [0.25, 0.3) is 0 Å². The summed E-state index contributed by atoms with van der Waals surface area (Å²) in [4.78, 5) is 10.4. The highest BCUT2D eigenvalue weighted by Crippen LogP contribution is 2.27. The number of carbonyl (C=O) groups is 1. The Kier molecular flexibility index (Phi) is 8.75. The van der Waals surface area contributed by atoms with Crippen molar-refractivity contribution in [2.75, 3.05) is 6.54 Å². The molecular weight excluding hydrogens is 235 g/mol. The van der Waals surface area contributed by atoms with Crippen molar-refractivity contribution in [1.82, 2.24) is 0 Å². The second kappa shape index (κ2) is 7.76. The Morgan fingerprint density at radius 1 is 1.33 bits per heavy atom. The SMILES string of the molecule is Cl.NCCCCC(CC(F)(F)F)C(=O)O. The average molecular weight is 250 g/mol. The van der Waals surface area contributed by atoms with Crippen molar-refractivity contribution in [3.8, 4) is 0 Å². The standard InChI is InChI=1S/C8H14F3NO2.ClH/c9-8(10,11)5-6(7(13)14)3-1-2-4-12;/h6H,1-5,12H2,(H,13,14);1H. The molecule has 0 radical (unpaired) electrons. The van der Waals surface area contributed by atoms with Gasteiger partial charge in [0.1, 0.15) is 0 Å². The summed E-state index contributed by atoms with van der Waals surface area (Å²) < 4.78 is 35.7. The molecule has 3 N–H and O–H groups in total. The number of halogens is 4. The second-order valence-electron chi connectivity index (χ2n) is 3.14. The van der Waals surface area contributed by atoms with Crippen molar-refractivity contribution in [3.63, 3.8) is 0 Å². The third-order valence-corrected chi connectivity index (χ3v) is 1.83. The molecule has 0 saturated carbocycles. The third-order valence-electron chi connectivity index (χ3n) is 1.83. The zero-order valence-corrected chi connectivity index (χ0v) is 8.90. The lowest BCUT2D eigenvalue weighted by molar-refractivity contribution is -0.164. The lowest BCUT2D eigenvalue weighted by atomic mass is 9.98. The Balaban J connectivity index is 0. The molecule has 0 heterocycles. The van der Waals surface area contributed by atoms with Gasteiger partial charge in [0, 0.05) is 0 Å². The number of unbranched alkanes of at least 4 members (excludes halogenated alkanes) is 1. The summed E-state index contributed by atoms with van der Waals surface area (Å²) in [6, 6.07) is 0. The van der Waals surface area contributed by atoms with Crippen LogP contribution in [0.15, 0.2) is 0 Å². The van der Waals surface area contributed by atoms with Gasteiger partial charge >= 0.3 is 12.1 Å². The van der Waals surface area contributed by atoms with Crippen molar-refractivity contribution in [2.24, 2.45) is 11.7 Å². The summed E-state index contributed by atoms with van der Waals surface area (Å²) in [5.41, 5.74) is 5.15. The number of carboxylic acids is 1. The van der Waals surface area contributed by atoms with Gasteiger partial charge in [-0.15, -0.1) is 12.4 Å². The lowest BCUT2D eigenvalue weighted by Gasteiger charge is -2.13. The Hall–Kier alpha value is -0.490. The van der Waals surface area contributed by atoms with E-state index in [-0.39, 0.29) is 18.8 Å². The molecule has 0 fully saturated rings. The Labute approximate surface area is 92.2 Å². The molecule has 15 heavy (non-hydrogen) atoms. The minimum atomic E-state index is -4.41. The first kappa shape index (κ1) is 16.9. The van der Waals surface area contributed by atoms with E-state index in [1.54, 1.807) is 0 Å². The van der Waals surface area contributed by atoms with Crippen LogP contribution >= 0.6 is 12.4 Å². The van der Waals surface area contributed by atoms with Gasteiger partial charge in [-0.2, -0.15) is 13.2 Å². The smallest absolute Gasteiger partial charge is 0.389 e. The van der Waals surface area contributed by atoms with Crippen molar-refractivity contribution < 1.29 is 23.1 Å². The average Bonchev–Trinajstić information content (AvgIpc) is 2.00. The van der Waals surface area contributed by atoms with Gasteiger partial charge in [-0.3, -0.25) is 4.79 Å². The fourth-order valence-electron chi connectivity index (χ4n) is 1.13. The van der Waals surface area contributed by atoms with Crippen molar-refractivity contribution in [1.29, 1.82) is 0 Å². The van der Waals surface area contributed by atoms with Gasteiger partial charge in [-0.1, -0.05) is 6.42 Å². The van der Waals surface area contributed by atoms with Gasteiger partial charge in [0.25, 0.3) is 0 Å². The van der Waals surface area contributed by atoms with Crippen molar-refractivity contribution >= 4 is 18.4 Å². The van der Waals surface area contributed by atoms with E-state index in [1.807, 2.05) is 0 Å². The molecule has 92 valence electrons. The molecule has 1 atom stereocenters. The predicted molar refractivity (Wildman–Crippen MR) is 52.0 cm³/mol. The maximum atomic E-state index is 11.9.